The third-order valence-corrected chi connectivity index (χ3v) is 3.18. The van der Waals surface area contributed by atoms with Crippen molar-refractivity contribution in [2.45, 2.75) is 25.8 Å². The van der Waals surface area contributed by atoms with Crippen molar-refractivity contribution in [1.82, 2.24) is 0 Å². The van der Waals surface area contributed by atoms with Crippen molar-refractivity contribution >= 4 is 6.08 Å². The van der Waals surface area contributed by atoms with Gasteiger partial charge < -0.3 is 5.73 Å². The Hall–Kier alpha value is -1.60. The lowest BCUT2D eigenvalue weighted by Crippen LogP contribution is -2.04. The number of nitrogens with two attached hydrogens (primary N) is 1. The monoisotopic (exact) mass is 225 g/mol. The first-order chi connectivity index (χ1) is 8.22. The lowest BCUT2D eigenvalue weighted by molar-refractivity contribution is 0.919. The summed E-state index contributed by atoms with van der Waals surface area (Å²) in [5.41, 5.74) is 9.80. The van der Waals surface area contributed by atoms with Crippen LogP contribution in [-0.4, -0.2) is 0 Å². The summed E-state index contributed by atoms with van der Waals surface area (Å²) in [6.45, 7) is 4.23. The zero-order chi connectivity index (χ0) is 12.3. The van der Waals surface area contributed by atoms with Gasteiger partial charge in [-0.05, 0) is 29.5 Å². The second-order valence-corrected chi connectivity index (χ2v) is 4.47. The van der Waals surface area contributed by atoms with Crippen LogP contribution in [0.5, 0.6) is 0 Å². The maximum Gasteiger partial charge on any atom is 0.0490 e. The van der Waals surface area contributed by atoms with Gasteiger partial charge in [-0.1, -0.05) is 61.6 Å². The lowest BCUT2D eigenvalue weighted by Gasteiger charge is -2.10. The van der Waals surface area contributed by atoms with Gasteiger partial charge in [0.15, 0.2) is 0 Å². The van der Waals surface area contributed by atoms with Crippen molar-refractivity contribution < 1.29 is 0 Å². The lowest BCUT2D eigenvalue weighted by atomic mass is 9.96. The Morgan fingerprint density at radius 3 is 2.88 bits per heavy atom. The predicted molar refractivity (Wildman–Crippen MR) is 74.8 cm³/mol. The molecule has 17 heavy (non-hydrogen) atoms. The van der Waals surface area contributed by atoms with Crippen LogP contribution in [0, 0.1) is 0 Å². The van der Waals surface area contributed by atoms with Crippen LogP contribution in [0.1, 0.15) is 42.5 Å². The van der Waals surface area contributed by atoms with Gasteiger partial charge in [-0.25, -0.2) is 0 Å². The Morgan fingerprint density at radius 1 is 1.29 bits per heavy atom. The summed E-state index contributed by atoms with van der Waals surface area (Å²) in [6, 6.07) is 6.64. The molecule has 0 saturated carbocycles. The Bertz CT molecular complexity index is 480. The molecule has 2 atom stereocenters. The normalized spacial score (nSPS) is 20.3. The Labute approximate surface area is 103 Å². The van der Waals surface area contributed by atoms with E-state index in [1.54, 1.807) is 0 Å². The summed E-state index contributed by atoms with van der Waals surface area (Å²) >= 11 is 0. The van der Waals surface area contributed by atoms with E-state index in [-0.39, 0.29) is 6.04 Å². The number of fused-ring (bicyclic) bond motifs is 1. The highest BCUT2D eigenvalue weighted by atomic mass is 14.6. The molecule has 1 nitrogen and oxygen atoms in total. The number of hydrogen-bond acceptors (Lipinski definition) is 1. The SMILES string of the molecule is C/C=C\C=C/C(C)c1ccc2c(c1)C=CC2N. The summed E-state index contributed by atoms with van der Waals surface area (Å²) in [7, 11) is 0. The molecule has 0 fully saturated rings. The summed E-state index contributed by atoms with van der Waals surface area (Å²) in [6.07, 6.45) is 12.6. The summed E-state index contributed by atoms with van der Waals surface area (Å²) in [5.74, 6) is 0.432. The smallest absolute Gasteiger partial charge is 0.0490 e. The van der Waals surface area contributed by atoms with E-state index in [0.717, 1.165) is 0 Å². The first-order valence-electron chi connectivity index (χ1n) is 6.09. The largest absolute Gasteiger partial charge is 0.321 e. The molecule has 2 N–H and O–H groups in total. The first-order valence-corrected chi connectivity index (χ1v) is 6.09. The third-order valence-electron chi connectivity index (χ3n) is 3.18. The van der Waals surface area contributed by atoms with Crippen LogP contribution in [0.3, 0.4) is 0 Å². The van der Waals surface area contributed by atoms with E-state index >= 15 is 0 Å². The molecule has 0 bridgehead atoms. The van der Waals surface area contributed by atoms with Gasteiger partial charge in [0.25, 0.3) is 0 Å². The fraction of sp³-hybridized carbons (Fsp3) is 0.250. The molecule has 1 aromatic rings. The fourth-order valence-corrected chi connectivity index (χ4v) is 2.09. The van der Waals surface area contributed by atoms with E-state index in [1.807, 2.05) is 13.0 Å². The Kier molecular flexibility index (Phi) is 3.60. The summed E-state index contributed by atoms with van der Waals surface area (Å²) < 4.78 is 0. The van der Waals surface area contributed by atoms with Gasteiger partial charge >= 0.3 is 0 Å². The highest BCUT2D eigenvalue weighted by molar-refractivity contribution is 5.63. The molecule has 0 aromatic heterocycles. The van der Waals surface area contributed by atoms with Crippen molar-refractivity contribution in [3.05, 3.63) is 65.3 Å². The van der Waals surface area contributed by atoms with Gasteiger partial charge in [0, 0.05) is 6.04 Å². The van der Waals surface area contributed by atoms with E-state index < -0.39 is 0 Å². The van der Waals surface area contributed by atoms with Gasteiger partial charge in [-0.15, -0.1) is 0 Å². The molecule has 0 saturated heterocycles. The van der Waals surface area contributed by atoms with Gasteiger partial charge in [0.05, 0.1) is 0 Å². The molecule has 2 unspecified atom stereocenters. The average Bonchev–Trinajstić information content (AvgIpc) is 2.71. The standard InChI is InChI=1S/C16H19N/c1-3-4-5-6-12(2)13-7-9-15-14(11-13)8-10-16(15)17/h3-12,16H,17H2,1-2H3/b4-3-,6-5-. The minimum atomic E-state index is 0.0768. The minimum absolute atomic E-state index is 0.0768. The quantitative estimate of drug-likeness (QED) is 0.774. The Balaban J connectivity index is 2.20. The first kappa shape index (κ1) is 11.9. The highest BCUT2D eigenvalue weighted by Crippen LogP contribution is 2.29. The zero-order valence-corrected chi connectivity index (χ0v) is 10.4. The fourth-order valence-electron chi connectivity index (χ4n) is 2.09. The maximum absolute atomic E-state index is 5.96. The molecule has 0 aliphatic heterocycles. The minimum Gasteiger partial charge on any atom is -0.321 e. The highest BCUT2D eigenvalue weighted by Gasteiger charge is 2.14. The topological polar surface area (TPSA) is 26.0 Å². The van der Waals surface area contributed by atoms with E-state index in [1.165, 1.54) is 16.7 Å². The van der Waals surface area contributed by atoms with Crippen LogP contribution < -0.4 is 5.73 Å². The van der Waals surface area contributed by atoms with Gasteiger partial charge in [0.1, 0.15) is 0 Å². The van der Waals surface area contributed by atoms with Crippen LogP contribution in [0.4, 0.5) is 0 Å². The molecule has 0 spiro atoms. The van der Waals surface area contributed by atoms with Crippen molar-refractivity contribution in [2.75, 3.05) is 0 Å². The van der Waals surface area contributed by atoms with E-state index in [0.29, 0.717) is 5.92 Å². The zero-order valence-electron chi connectivity index (χ0n) is 10.4. The molecule has 1 heteroatoms. The van der Waals surface area contributed by atoms with Crippen molar-refractivity contribution in [2.24, 2.45) is 5.73 Å². The van der Waals surface area contributed by atoms with Crippen LogP contribution >= 0.6 is 0 Å². The van der Waals surface area contributed by atoms with Crippen LogP contribution in [0.2, 0.25) is 0 Å². The van der Waals surface area contributed by atoms with Crippen LogP contribution in [0.15, 0.2) is 48.6 Å². The molecule has 0 heterocycles. The van der Waals surface area contributed by atoms with E-state index in [4.69, 9.17) is 5.73 Å². The number of benzene rings is 1. The summed E-state index contributed by atoms with van der Waals surface area (Å²) in [5, 5.41) is 0. The van der Waals surface area contributed by atoms with Crippen molar-refractivity contribution in [1.29, 1.82) is 0 Å². The van der Waals surface area contributed by atoms with Gasteiger partial charge in [-0.3, -0.25) is 0 Å². The Morgan fingerprint density at radius 2 is 2.12 bits per heavy atom. The number of allylic oxidation sites excluding steroid dienone is 4. The summed E-state index contributed by atoms with van der Waals surface area (Å²) in [4.78, 5) is 0. The molecule has 88 valence electrons. The van der Waals surface area contributed by atoms with Crippen LogP contribution in [0.25, 0.3) is 6.08 Å². The molecular weight excluding hydrogens is 206 g/mol. The molecule has 2 rings (SSSR count). The second kappa shape index (κ2) is 5.15. The molecule has 0 radical (unpaired) electrons. The third kappa shape index (κ3) is 2.56. The maximum atomic E-state index is 5.96. The number of hydrogen-bond donors (Lipinski definition) is 1. The predicted octanol–water partition coefficient (Wildman–Crippen LogP) is 3.95. The van der Waals surface area contributed by atoms with Crippen LogP contribution in [-0.2, 0) is 0 Å². The van der Waals surface area contributed by atoms with E-state index in [2.05, 4.69) is 55.5 Å². The molecule has 1 aromatic carbocycles. The molecule has 0 amide bonds. The average molecular weight is 225 g/mol. The molecule has 1 aliphatic rings. The van der Waals surface area contributed by atoms with E-state index in [9.17, 15) is 0 Å². The van der Waals surface area contributed by atoms with Gasteiger partial charge in [-0.2, -0.15) is 0 Å². The van der Waals surface area contributed by atoms with Crippen molar-refractivity contribution in [3.8, 4) is 0 Å². The second-order valence-electron chi connectivity index (χ2n) is 4.47. The van der Waals surface area contributed by atoms with Gasteiger partial charge in [0.2, 0.25) is 0 Å². The molecular formula is C16H19N. The number of rotatable bonds is 3. The van der Waals surface area contributed by atoms with Crippen molar-refractivity contribution in [3.63, 3.8) is 0 Å². The molecule has 1 aliphatic carbocycles.